The number of benzene rings is 1. The van der Waals surface area contributed by atoms with Crippen molar-refractivity contribution in [3.8, 4) is 0 Å². The van der Waals surface area contributed by atoms with E-state index >= 15 is 0 Å². The molecule has 0 radical (unpaired) electrons. The van der Waals surface area contributed by atoms with Gasteiger partial charge in [0.25, 0.3) is 5.91 Å². The van der Waals surface area contributed by atoms with Crippen molar-refractivity contribution in [2.24, 2.45) is 0 Å². The van der Waals surface area contributed by atoms with E-state index in [1.54, 1.807) is 13.8 Å². The standard InChI is InChI=1S/C21H21N3O4/c1-11-17(13(3)25)12(2)22-18(11)16(26)10-24-19(27)21(23-20(24)28)9-8-14-6-4-5-7-15(14)21/h4-7,22H,8-10H2,1-3H3,(H,23,28)/t21-/m1/s1. The molecule has 1 atom stereocenters. The van der Waals surface area contributed by atoms with Gasteiger partial charge in [-0.3, -0.25) is 19.3 Å². The number of urea groups is 1. The summed E-state index contributed by atoms with van der Waals surface area (Å²) in [6.07, 6.45) is 1.18. The minimum absolute atomic E-state index is 0.137. The van der Waals surface area contributed by atoms with Gasteiger partial charge in [-0.1, -0.05) is 24.3 Å². The molecule has 2 N–H and O–H groups in total. The Kier molecular flexibility index (Phi) is 3.99. The molecule has 1 aliphatic heterocycles. The molecule has 28 heavy (non-hydrogen) atoms. The molecule has 3 amide bonds. The Morgan fingerprint density at radius 1 is 1.18 bits per heavy atom. The first-order valence-electron chi connectivity index (χ1n) is 9.22. The lowest BCUT2D eigenvalue weighted by molar-refractivity contribution is -0.131. The number of nitrogens with zero attached hydrogens (tertiary/aromatic N) is 1. The van der Waals surface area contributed by atoms with Gasteiger partial charge in [-0.15, -0.1) is 0 Å². The maximum atomic E-state index is 13.2. The number of nitrogens with one attached hydrogen (secondary N) is 2. The van der Waals surface area contributed by atoms with E-state index in [1.165, 1.54) is 6.92 Å². The number of aromatic amines is 1. The summed E-state index contributed by atoms with van der Waals surface area (Å²) in [5, 5.41) is 2.81. The molecule has 0 saturated carbocycles. The van der Waals surface area contributed by atoms with Gasteiger partial charge in [0.1, 0.15) is 5.54 Å². The smallest absolute Gasteiger partial charge is 0.325 e. The Morgan fingerprint density at radius 2 is 1.89 bits per heavy atom. The van der Waals surface area contributed by atoms with Crippen molar-refractivity contribution in [3.05, 3.63) is 57.9 Å². The number of ketones is 2. The Bertz CT molecular complexity index is 1050. The predicted molar refractivity (Wildman–Crippen MR) is 101 cm³/mol. The van der Waals surface area contributed by atoms with Gasteiger partial charge in [-0.2, -0.15) is 0 Å². The lowest BCUT2D eigenvalue weighted by atomic mass is 9.92. The molecule has 2 aromatic rings. The first kappa shape index (κ1) is 18.2. The van der Waals surface area contributed by atoms with E-state index in [-0.39, 0.29) is 18.0 Å². The van der Waals surface area contributed by atoms with Gasteiger partial charge >= 0.3 is 6.03 Å². The minimum atomic E-state index is -1.08. The molecule has 7 heteroatoms. The summed E-state index contributed by atoms with van der Waals surface area (Å²) in [6, 6.07) is 6.98. The Morgan fingerprint density at radius 3 is 2.57 bits per heavy atom. The molecule has 2 heterocycles. The summed E-state index contributed by atoms with van der Waals surface area (Å²) in [5.41, 5.74) is 2.63. The van der Waals surface area contributed by atoms with E-state index in [1.807, 2.05) is 24.3 Å². The summed E-state index contributed by atoms with van der Waals surface area (Å²) < 4.78 is 0. The van der Waals surface area contributed by atoms with Crippen LogP contribution in [0.3, 0.4) is 0 Å². The van der Waals surface area contributed by atoms with E-state index in [9.17, 15) is 19.2 Å². The van der Waals surface area contributed by atoms with Crippen LogP contribution in [-0.4, -0.2) is 39.9 Å². The van der Waals surface area contributed by atoms with Crippen molar-refractivity contribution < 1.29 is 19.2 Å². The van der Waals surface area contributed by atoms with Crippen LogP contribution in [0.2, 0.25) is 0 Å². The first-order valence-corrected chi connectivity index (χ1v) is 9.22. The number of carbonyl (C=O) groups excluding carboxylic acids is 4. The number of carbonyl (C=O) groups is 4. The van der Waals surface area contributed by atoms with Crippen molar-refractivity contribution in [2.75, 3.05) is 6.54 Å². The van der Waals surface area contributed by atoms with Crippen LogP contribution in [0.4, 0.5) is 4.79 Å². The van der Waals surface area contributed by atoms with Gasteiger partial charge in [0.2, 0.25) is 0 Å². The molecule has 1 aromatic heterocycles. The average molecular weight is 379 g/mol. The summed E-state index contributed by atoms with van der Waals surface area (Å²) >= 11 is 0. The normalized spacial score (nSPS) is 20.6. The third kappa shape index (κ3) is 2.42. The number of fused-ring (bicyclic) bond motifs is 2. The van der Waals surface area contributed by atoms with Crippen LogP contribution in [0.1, 0.15) is 56.6 Å². The van der Waals surface area contributed by atoms with Crippen molar-refractivity contribution in [1.29, 1.82) is 0 Å². The second-order valence-corrected chi connectivity index (χ2v) is 7.49. The lowest BCUT2D eigenvalue weighted by Crippen LogP contribution is -2.42. The molecule has 2 aliphatic rings. The van der Waals surface area contributed by atoms with E-state index in [4.69, 9.17) is 0 Å². The number of Topliss-reactive ketones (excluding diaryl/α,β-unsaturated/α-hetero) is 2. The van der Waals surface area contributed by atoms with Crippen LogP contribution in [0.5, 0.6) is 0 Å². The molecule has 1 saturated heterocycles. The highest BCUT2D eigenvalue weighted by Crippen LogP contribution is 2.41. The number of amides is 3. The number of imide groups is 1. The van der Waals surface area contributed by atoms with Crippen LogP contribution in [0.25, 0.3) is 0 Å². The SMILES string of the molecule is CC(=O)c1c(C)[nH]c(C(=O)CN2C(=O)N[C@@]3(CCc4ccccc43)C2=O)c1C. The lowest BCUT2D eigenvalue weighted by Gasteiger charge is -2.22. The van der Waals surface area contributed by atoms with Crippen molar-refractivity contribution in [2.45, 2.75) is 39.2 Å². The highest BCUT2D eigenvalue weighted by molar-refractivity contribution is 6.12. The van der Waals surface area contributed by atoms with Crippen LogP contribution in [0, 0.1) is 13.8 Å². The summed E-state index contributed by atoms with van der Waals surface area (Å²) in [7, 11) is 0. The predicted octanol–water partition coefficient (Wildman–Crippen LogP) is 2.41. The zero-order valence-corrected chi connectivity index (χ0v) is 16.0. The second kappa shape index (κ2) is 6.15. The first-order chi connectivity index (χ1) is 13.3. The molecule has 0 bridgehead atoms. The van der Waals surface area contributed by atoms with Gasteiger partial charge in [0.15, 0.2) is 11.6 Å². The third-order valence-corrected chi connectivity index (χ3v) is 5.79. The molecule has 7 nitrogen and oxygen atoms in total. The number of aryl methyl sites for hydroxylation is 2. The van der Waals surface area contributed by atoms with Gasteiger partial charge in [0.05, 0.1) is 12.2 Å². The molecule has 4 rings (SSSR count). The molecular weight excluding hydrogens is 358 g/mol. The molecule has 1 fully saturated rings. The molecular formula is C21H21N3O4. The highest BCUT2D eigenvalue weighted by atomic mass is 16.2. The fraction of sp³-hybridized carbons (Fsp3) is 0.333. The quantitative estimate of drug-likeness (QED) is 0.629. The molecule has 1 spiro atoms. The largest absolute Gasteiger partial charge is 0.355 e. The molecule has 144 valence electrons. The van der Waals surface area contributed by atoms with Gasteiger partial charge in [-0.05, 0) is 50.3 Å². The van der Waals surface area contributed by atoms with Crippen molar-refractivity contribution >= 4 is 23.5 Å². The maximum absolute atomic E-state index is 13.2. The van der Waals surface area contributed by atoms with Crippen LogP contribution < -0.4 is 5.32 Å². The van der Waals surface area contributed by atoms with E-state index in [2.05, 4.69) is 10.3 Å². The van der Waals surface area contributed by atoms with Gasteiger partial charge in [-0.25, -0.2) is 4.79 Å². The van der Waals surface area contributed by atoms with Crippen LogP contribution >= 0.6 is 0 Å². The topological polar surface area (TPSA) is 99.3 Å². The Balaban J connectivity index is 1.63. The van der Waals surface area contributed by atoms with Crippen molar-refractivity contribution in [3.63, 3.8) is 0 Å². The van der Waals surface area contributed by atoms with E-state index in [0.29, 0.717) is 29.7 Å². The van der Waals surface area contributed by atoms with Gasteiger partial charge < -0.3 is 10.3 Å². The maximum Gasteiger partial charge on any atom is 0.325 e. The summed E-state index contributed by atoms with van der Waals surface area (Å²) in [6.45, 7) is 4.48. The fourth-order valence-electron chi connectivity index (χ4n) is 4.51. The number of hydrogen-bond acceptors (Lipinski definition) is 4. The zero-order valence-electron chi connectivity index (χ0n) is 16.0. The summed E-state index contributed by atoms with van der Waals surface area (Å²) in [4.78, 5) is 54.3. The zero-order chi connectivity index (χ0) is 20.2. The number of rotatable bonds is 4. The molecule has 1 aliphatic carbocycles. The number of H-pyrrole nitrogens is 1. The Labute approximate surface area is 162 Å². The second-order valence-electron chi connectivity index (χ2n) is 7.49. The third-order valence-electron chi connectivity index (χ3n) is 5.79. The monoisotopic (exact) mass is 379 g/mol. The number of aromatic nitrogens is 1. The fourth-order valence-corrected chi connectivity index (χ4v) is 4.51. The minimum Gasteiger partial charge on any atom is -0.355 e. The van der Waals surface area contributed by atoms with E-state index in [0.717, 1.165) is 16.0 Å². The van der Waals surface area contributed by atoms with E-state index < -0.39 is 23.3 Å². The van der Waals surface area contributed by atoms with Crippen molar-refractivity contribution in [1.82, 2.24) is 15.2 Å². The number of hydrogen-bond donors (Lipinski definition) is 2. The highest BCUT2D eigenvalue weighted by Gasteiger charge is 2.55. The van der Waals surface area contributed by atoms with Gasteiger partial charge in [0, 0.05) is 11.3 Å². The summed E-state index contributed by atoms with van der Waals surface area (Å²) in [5.74, 6) is -0.940. The molecule has 1 aromatic carbocycles. The van der Waals surface area contributed by atoms with Crippen LogP contribution in [0.15, 0.2) is 24.3 Å². The van der Waals surface area contributed by atoms with Crippen LogP contribution in [-0.2, 0) is 16.8 Å². The Hall–Kier alpha value is -3.22. The average Bonchev–Trinajstić information content (AvgIpc) is 3.24. The molecule has 0 unspecified atom stereocenters.